The molecule has 0 aliphatic carbocycles. The molecule has 2 heterocycles. The maximum Gasteiger partial charge on any atom is 0.209 e. The first kappa shape index (κ1) is 22.9. The van der Waals surface area contributed by atoms with Gasteiger partial charge in [0, 0.05) is 40.7 Å². The van der Waals surface area contributed by atoms with Gasteiger partial charge in [0.15, 0.2) is 11.7 Å². The largest absolute Gasteiger partial charge is 0.494 e. The highest BCUT2D eigenvalue weighted by Crippen LogP contribution is 2.33. The van der Waals surface area contributed by atoms with Crippen LogP contribution >= 0.6 is 0 Å². The highest BCUT2D eigenvalue weighted by Gasteiger charge is 2.25. The third kappa shape index (κ3) is 4.60. The summed E-state index contributed by atoms with van der Waals surface area (Å²) in [6.45, 7) is 5.37. The van der Waals surface area contributed by atoms with Crippen molar-refractivity contribution in [2.75, 3.05) is 6.26 Å². The molecule has 0 bridgehead atoms. The van der Waals surface area contributed by atoms with Gasteiger partial charge < -0.3 is 9.67 Å². The Morgan fingerprint density at radius 1 is 1.15 bits per heavy atom. The molecule has 0 spiro atoms. The van der Waals surface area contributed by atoms with Crippen LogP contribution in [0.3, 0.4) is 0 Å². The number of aromatic hydroxyl groups is 1. The van der Waals surface area contributed by atoms with Crippen LogP contribution in [0.25, 0.3) is 27.7 Å². The molecule has 0 unspecified atom stereocenters. The monoisotopic (exact) mass is 475 g/mol. The number of nitrogens with one attached hydrogen (secondary N) is 1. The Labute approximate surface area is 189 Å². The zero-order chi connectivity index (χ0) is 24.1. The Balaban J connectivity index is 1.70. The molecule has 11 heteroatoms. The van der Waals surface area contributed by atoms with E-state index in [1.807, 2.05) is 6.07 Å². The molecular formula is C22H23F2N5O3S. The van der Waals surface area contributed by atoms with Crippen molar-refractivity contribution in [2.24, 2.45) is 0 Å². The fourth-order valence-electron chi connectivity index (χ4n) is 3.96. The van der Waals surface area contributed by atoms with E-state index in [2.05, 4.69) is 15.0 Å². The first-order valence-corrected chi connectivity index (χ1v) is 11.9. The number of sulfonamides is 1. The van der Waals surface area contributed by atoms with Gasteiger partial charge in [-0.2, -0.15) is 0 Å². The third-order valence-electron chi connectivity index (χ3n) is 5.19. The third-order valence-corrected chi connectivity index (χ3v) is 6.12. The quantitative estimate of drug-likeness (QED) is 0.444. The number of hydrogen-bond acceptors (Lipinski definition) is 5. The highest BCUT2D eigenvalue weighted by molar-refractivity contribution is 7.88. The van der Waals surface area contributed by atoms with E-state index < -0.39 is 27.2 Å². The SMILES string of the molecule is Cc1c(-c2ccc3c(O)n(CC(C)(C)NS(C)(=O)=O)cc3c2)nnn1-c1ccc(F)cc1F. The second kappa shape index (κ2) is 7.92. The first-order chi connectivity index (χ1) is 15.3. The van der Waals surface area contributed by atoms with Gasteiger partial charge in [0.05, 0.1) is 11.9 Å². The number of halogens is 2. The minimum absolute atomic E-state index is 0.00804. The van der Waals surface area contributed by atoms with Crippen molar-refractivity contribution >= 4 is 20.8 Å². The lowest BCUT2D eigenvalue weighted by Crippen LogP contribution is -2.45. The van der Waals surface area contributed by atoms with Crippen LogP contribution in [-0.2, 0) is 16.6 Å². The predicted molar refractivity (Wildman–Crippen MR) is 121 cm³/mol. The standard InChI is InChI=1S/C22H23F2N5O3S/c1-13-20(25-27-29(13)19-8-6-16(23)10-18(19)24)14-5-7-17-15(9-14)11-28(21(17)30)12-22(2,3)26-33(4,31)32/h5-11,26,30H,12H2,1-4H3. The molecule has 0 aliphatic heterocycles. The first-order valence-electron chi connectivity index (χ1n) is 10.0. The smallest absolute Gasteiger partial charge is 0.209 e. The number of nitrogens with zero attached hydrogens (tertiary/aromatic N) is 4. The molecule has 8 nitrogen and oxygen atoms in total. The topological polar surface area (TPSA) is 102 Å². The zero-order valence-electron chi connectivity index (χ0n) is 18.5. The van der Waals surface area contributed by atoms with Gasteiger partial charge in [-0.3, -0.25) is 0 Å². The Morgan fingerprint density at radius 3 is 2.55 bits per heavy atom. The minimum atomic E-state index is -3.43. The molecule has 4 aromatic rings. The minimum Gasteiger partial charge on any atom is -0.494 e. The van der Waals surface area contributed by atoms with Crippen LogP contribution in [0.15, 0.2) is 42.6 Å². The summed E-state index contributed by atoms with van der Waals surface area (Å²) < 4.78 is 56.2. The molecular weight excluding hydrogens is 452 g/mol. The van der Waals surface area contributed by atoms with E-state index in [1.54, 1.807) is 43.7 Å². The van der Waals surface area contributed by atoms with E-state index in [0.717, 1.165) is 18.4 Å². The molecule has 0 atom stereocenters. The second-order valence-corrected chi connectivity index (χ2v) is 10.4. The summed E-state index contributed by atoms with van der Waals surface area (Å²) in [4.78, 5) is 0. The summed E-state index contributed by atoms with van der Waals surface area (Å²) in [5.74, 6) is -1.43. The van der Waals surface area contributed by atoms with Crippen LogP contribution in [-0.4, -0.2) is 44.9 Å². The Morgan fingerprint density at radius 2 is 1.88 bits per heavy atom. The van der Waals surface area contributed by atoms with Crippen LogP contribution in [0.1, 0.15) is 19.5 Å². The van der Waals surface area contributed by atoms with Gasteiger partial charge in [-0.25, -0.2) is 26.6 Å². The van der Waals surface area contributed by atoms with Crippen LogP contribution in [0, 0.1) is 18.6 Å². The summed E-state index contributed by atoms with van der Waals surface area (Å²) in [5.41, 5.74) is 1.01. The van der Waals surface area contributed by atoms with Crippen molar-refractivity contribution in [3.8, 4) is 22.8 Å². The van der Waals surface area contributed by atoms with Gasteiger partial charge >= 0.3 is 0 Å². The lowest BCUT2D eigenvalue weighted by atomic mass is 10.1. The number of benzene rings is 2. The van der Waals surface area contributed by atoms with Crippen molar-refractivity contribution in [3.63, 3.8) is 0 Å². The Kier molecular flexibility index (Phi) is 5.49. The van der Waals surface area contributed by atoms with E-state index in [-0.39, 0.29) is 18.1 Å². The number of aromatic nitrogens is 4. The molecule has 0 fully saturated rings. The van der Waals surface area contributed by atoms with E-state index in [1.165, 1.54) is 10.7 Å². The molecule has 33 heavy (non-hydrogen) atoms. The van der Waals surface area contributed by atoms with Gasteiger partial charge in [0.2, 0.25) is 10.0 Å². The molecule has 2 aromatic carbocycles. The highest BCUT2D eigenvalue weighted by atomic mass is 32.2. The van der Waals surface area contributed by atoms with Crippen molar-refractivity contribution in [1.82, 2.24) is 24.3 Å². The second-order valence-electron chi connectivity index (χ2n) is 8.67. The van der Waals surface area contributed by atoms with Gasteiger partial charge in [0.1, 0.15) is 17.2 Å². The van der Waals surface area contributed by atoms with Gasteiger partial charge in [-0.15, -0.1) is 5.10 Å². The van der Waals surface area contributed by atoms with E-state index in [0.29, 0.717) is 27.7 Å². The number of rotatable bonds is 6. The van der Waals surface area contributed by atoms with E-state index >= 15 is 0 Å². The van der Waals surface area contributed by atoms with E-state index in [9.17, 15) is 22.3 Å². The van der Waals surface area contributed by atoms with Gasteiger partial charge in [-0.05, 0) is 45.0 Å². The lowest BCUT2D eigenvalue weighted by Gasteiger charge is -2.25. The zero-order valence-corrected chi connectivity index (χ0v) is 19.3. The molecule has 174 valence electrons. The maximum absolute atomic E-state index is 14.2. The molecule has 0 amide bonds. The predicted octanol–water partition coefficient (Wildman–Crippen LogP) is 3.51. The van der Waals surface area contributed by atoms with Crippen LogP contribution in [0.2, 0.25) is 0 Å². The average molecular weight is 476 g/mol. The van der Waals surface area contributed by atoms with Crippen LogP contribution < -0.4 is 4.72 Å². The number of hydrogen-bond donors (Lipinski definition) is 2. The number of fused-ring (bicyclic) bond motifs is 1. The molecule has 2 aromatic heterocycles. The van der Waals surface area contributed by atoms with Crippen molar-refractivity contribution < 1.29 is 22.3 Å². The summed E-state index contributed by atoms with van der Waals surface area (Å²) >= 11 is 0. The van der Waals surface area contributed by atoms with Gasteiger partial charge in [-0.1, -0.05) is 11.3 Å². The Hall–Kier alpha value is -3.31. The molecule has 0 radical (unpaired) electrons. The maximum atomic E-state index is 14.2. The average Bonchev–Trinajstić information content (AvgIpc) is 3.19. The Bertz CT molecular complexity index is 1470. The fourth-order valence-corrected chi connectivity index (χ4v) is 5.03. The summed E-state index contributed by atoms with van der Waals surface area (Å²) in [5, 5.41) is 20.1. The lowest BCUT2D eigenvalue weighted by molar-refractivity contribution is 0.350. The normalized spacial score (nSPS) is 12.5. The molecule has 0 saturated carbocycles. The summed E-state index contributed by atoms with van der Waals surface area (Å²) in [7, 11) is -3.43. The molecule has 4 rings (SSSR count). The molecule has 2 N–H and O–H groups in total. The van der Waals surface area contributed by atoms with Crippen LogP contribution in [0.5, 0.6) is 5.88 Å². The van der Waals surface area contributed by atoms with Gasteiger partial charge in [0.25, 0.3) is 0 Å². The fraction of sp³-hybridized carbons (Fsp3) is 0.273. The van der Waals surface area contributed by atoms with Crippen molar-refractivity contribution in [1.29, 1.82) is 0 Å². The van der Waals surface area contributed by atoms with Crippen molar-refractivity contribution in [2.45, 2.75) is 32.9 Å². The van der Waals surface area contributed by atoms with Crippen molar-refractivity contribution in [3.05, 3.63) is 59.9 Å². The molecule has 0 saturated heterocycles. The molecule has 0 aliphatic rings. The van der Waals surface area contributed by atoms with E-state index in [4.69, 9.17) is 0 Å². The van der Waals surface area contributed by atoms with Crippen LogP contribution in [0.4, 0.5) is 8.78 Å². The summed E-state index contributed by atoms with van der Waals surface area (Å²) in [6, 6.07) is 8.53. The summed E-state index contributed by atoms with van der Waals surface area (Å²) in [6.07, 6.45) is 2.81.